The largest absolute Gasteiger partial charge is 0.496 e. The predicted octanol–water partition coefficient (Wildman–Crippen LogP) is 4.38. The van der Waals surface area contributed by atoms with Crippen molar-refractivity contribution < 1.29 is 33.4 Å². The van der Waals surface area contributed by atoms with Gasteiger partial charge in [-0.3, -0.25) is 9.59 Å². The van der Waals surface area contributed by atoms with Crippen LogP contribution >= 0.6 is 0 Å². The number of carbonyl (C=O) groups excluding carboxylic acids is 3. The first kappa shape index (κ1) is 30.1. The molecule has 0 radical (unpaired) electrons. The molecule has 3 aromatic rings. The molecule has 3 N–H and O–H groups in total. The van der Waals surface area contributed by atoms with E-state index in [0.29, 0.717) is 28.2 Å². The topological polar surface area (TPSA) is 117 Å². The molecule has 1 fully saturated rings. The van der Waals surface area contributed by atoms with E-state index in [4.69, 9.17) is 14.6 Å². The van der Waals surface area contributed by atoms with Gasteiger partial charge >= 0.3 is 6.03 Å². The molecule has 40 heavy (non-hydrogen) atoms. The smallest absolute Gasteiger partial charge is 0.325 e. The van der Waals surface area contributed by atoms with Gasteiger partial charge in [0.15, 0.2) is 0 Å². The lowest BCUT2D eigenvalue weighted by Crippen LogP contribution is -2.49. The Morgan fingerprint density at radius 3 is 2.45 bits per heavy atom. The van der Waals surface area contributed by atoms with Crippen LogP contribution in [0.25, 0.3) is 0 Å². The minimum atomic E-state index is -1.29. The van der Waals surface area contributed by atoms with Gasteiger partial charge in [0.05, 0.1) is 19.4 Å². The van der Waals surface area contributed by atoms with Crippen LogP contribution in [0.3, 0.4) is 0 Å². The maximum absolute atomic E-state index is 14.5. The minimum Gasteiger partial charge on any atom is -0.496 e. The number of ether oxygens (including phenoxy) is 2. The van der Waals surface area contributed by atoms with Gasteiger partial charge in [-0.1, -0.05) is 50.2 Å². The van der Waals surface area contributed by atoms with Gasteiger partial charge < -0.3 is 25.2 Å². The van der Waals surface area contributed by atoms with Crippen LogP contribution in [0.1, 0.15) is 36.6 Å². The van der Waals surface area contributed by atoms with Crippen molar-refractivity contribution in [2.24, 2.45) is 0 Å². The second-order valence-electron chi connectivity index (χ2n) is 8.74. The predicted molar refractivity (Wildman–Crippen MR) is 149 cm³/mol. The SMILES string of the molecule is CC.COc1ccccc1CC(C(=O)Nc1ccc(C)cc1F)N1C(=O)N[C@H](c2ccc(OCCO)cc2)C1=O. The number of amides is 4. The average Bonchev–Trinajstić information content (AvgIpc) is 3.26. The molecule has 212 valence electrons. The number of aryl methyl sites for hydroxylation is 1. The third-order valence-corrected chi connectivity index (χ3v) is 6.15. The summed E-state index contributed by atoms with van der Waals surface area (Å²) in [6.45, 7) is 5.70. The molecule has 1 heterocycles. The number of methoxy groups -OCH3 is 1. The number of aliphatic hydroxyl groups is 1. The molecule has 0 saturated carbocycles. The zero-order valence-electron chi connectivity index (χ0n) is 22.9. The maximum atomic E-state index is 14.5. The van der Waals surface area contributed by atoms with Crippen molar-refractivity contribution >= 4 is 23.5 Å². The molecule has 1 aliphatic heterocycles. The Morgan fingerprint density at radius 2 is 1.80 bits per heavy atom. The van der Waals surface area contributed by atoms with Crippen LogP contribution < -0.4 is 20.1 Å². The lowest BCUT2D eigenvalue weighted by Gasteiger charge is -2.25. The Labute approximate surface area is 232 Å². The standard InChI is InChI=1S/C28H28FN3O6.C2H6/c1-17-7-12-22(21(29)15-17)30-26(34)23(16-19-5-3-4-6-24(19)37-2)32-27(35)25(31-28(32)36)18-8-10-20(11-9-18)38-14-13-33;1-2/h3-12,15,23,25,33H,13-14,16H2,1-2H3,(H,30,34)(H,31,36);1-2H3/t23?,25-;/m1./s1. The van der Waals surface area contributed by atoms with Gasteiger partial charge in [0.25, 0.3) is 5.91 Å². The third kappa shape index (κ3) is 6.95. The molecule has 3 aromatic carbocycles. The number of rotatable bonds is 10. The molecule has 0 aliphatic carbocycles. The highest BCUT2D eigenvalue weighted by molar-refractivity contribution is 6.09. The molecule has 1 unspecified atom stereocenters. The normalized spacial score (nSPS) is 15.1. The summed E-state index contributed by atoms with van der Waals surface area (Å²) in [5, 5.41) is 14.1. The summed E-state index contributed by atoms with van der Waals surface area (Å²) in [5.74, 6) is -1.01. The Balaban J connectivity index is 0.00000216. The summed E-state index contributed by atoms with van der Waals surface area (Å²) in [6.07, 6.45) is -0.0524. The lowest BCUT2D eigenvalue weighted by atomic mass is 10.0. The van der Waals surface area contributed by atoms with Crippen LogP contribution in [0.2, 0.25) is 0 Å². The Kier molecular flexibility index (Phi) is 10.6. The number of imide groups is 1. The van der Waals surface area contributed by atoms with Gasteiger partial charge in [0.1, 0.15) is 36.0 Å². The fourth-order valence-electron chi connectivity index (χ4n) is 4.25. The van der Waals surface area contributed by atoms with Gasteiger partial charge in [0, 0.05) is 6.42 Å². The summed E-state index contributed by atoms with van der Waals surface area (Å²) in [6, 6.07) is 14.7. The molecule has 0 bridgehead atoms. The van der Waals surface area contributed by atoms with Crippen molar-refractivity contribution in [3.05, 3.63) is 89.2 Å². The first-order chi connectivity index (χ1) is 19.3. The fraction of sp³-hybridized carbons (Fsp3) is 0.300. The van der Waals surface area contributed by atoms with E-state index >= 15 is 0 Å². The molecular formula is C30H34FN3O6. The molecule has 4 amide bonds. The van der Waals surface area contributed by atoms with E-state index in [1.807, 2.05) is 13.8 Å². The number of nitrogens with zero attached hydrogens (tertiary/aromatic N) is 1. The number of aliphatic hydroxyl groups excluding tert-OH is 1. The zero-order chi connectivity index (χ0) is 29.2. The van der Waals surface area contributed by atoms with Gasteiger partial charge in [-0.25, -0.2) is 14.1 Å². The second-order valence-corrected chi connectivity index (χ2v) is 8.74. The molecule has 0 spiro atoms. The van der Waals surface area contributed by atoms with Crippen LogP contribution in [0.5, 0.6) is 11.5 Å². The molecule has 10 heteroatoms. The number of para-hydroxylation sites is 1. The van der Waals surface area contributed by atoms with Crippen LogP contribution in [-0.2, 0) is 16.0 Å². The van der Waals surface area contributed by atoms with E-state index in [1.54, 1.807) is 61.5 Å². The number of hydrogen-bond acceptors (Lipinski definition) is 6. The van der Waals surface area contributed by atoms with E-state index in [1.165, 1.54) is 19.2 Å². The van der Waals surface area contributed by atoms with Crippen LogP contribution in [0.15, 0.2) is 66.7 Å². The summed E-state index contributed by atoms with van der Waals surface area (Å²) in [5.41, 5.74) is 1.70. The molecule has 2 atom stereocenters. The van der Waals surface area contributed by atoms with Crippen molar-refractivity contribution in [3.8, 4) is 11.5 Å². The van der Waals surface area contributed by atoms with Crippen molar-refractivity contribution in [2.45, 2.75) is 39.3 Å². The highest BCUT2D eigenvalue weighted by Gasteiger charge is 2.45. The molecule has 0 aromatic heterocycles. The number of nitrogens with one attached hydrogen (secondary N) is 2. The third-order valence-electron chi connectivity index (χ3n) is 6.15. The summed E-state index contributed by atoms with van der Waals surface area (Å²) in [4.78, 5) is 41.0. The molecule has 9 nitrogen and oxygen atoms in total. The van der Waals surface area contributed by atoms with E-state index in [-0.39, 0.29) is 25.3 Å². The quantitative estimate of drug-likeness (QED) is 0.322. The Bertz CT molecular complexity index is 1330. The fourth-order valence-corrected chi connectivity index (χ4v) is 4.25. The number of halogens is 1. The van der Waals surface area contributed by atoms with E-state index in [2.05, 4.69) is 10.6 Å². The highest BCUT2D eigenvalue weighted by atomic mass is 19.1. The van der Waals surface area contributed by atoms with Gasteiger partial charge in [-0.15, -0.1) is 0 Å². The van der Waals surface area contributed by atoms with Crippen molar-refractivity contribution in [2.75, 3.05) is 25.6 Å². The van der Waals surface area contributed by atoms with E-state index < -0.39 is 35.7 Å². The van der Waals surface area contributed by atoms with Crippen molar-refractivity contribution in [1.82, 2.24) is 10.2 Å². The number of urea groups is 1. The number of benzene rings is 3. The van der Waals surface area contributed by atoms with Gasteiger partial charge in [-0.2, -0.15) is 0 Å². The second kappa shape index (κ2) is 14.1. The molecule has 1 saturated heterocycles. The summed E-state index contributed by atoms with van der Waals surface area (Å²) in [7, 11) is 1.48. The molecule has 1 aliphatic rings. The van der Waals surface area contributed by atoms with Crippen molar-refractivity contribution in [1.29, 1.82) is 0 Å². The Hall–Kier alpha value is -4.44. The number of hydrogen-bond donors (Lipinski definition) is 3. The monoisotopic (exact) mass is 551 g/mol. The van der Waals surface area contributed by atoms with Gasteiger partial charge in [-0.05, 0) is 53.9 Å². The summed E-state index contributed by atoms with van der Waals surface area (Å²) < 4.78 is 25.3. The number of carbonyl (C=O) groups is 3. The van der Waals surface area contributed by atoms with E-state index in [9.17, 15) is 18.8 Å². The summed E-state index contributed by atoms with van der Waals surface area (Å²) >= 11 is 0. The minimum absolute atomic E-state index is 0.0524. The zero-order valence-corrected chi connectivity index (χ0v) is 22.9. The van der Waals surface area contributed by atoms with Crippen LogP contribution in [-0.4, -0.2) is 54.2 Å². The molecular weight excluding hydrogens is 517 g/mol. The van der Waals surface area contributed by atoms with Crippen molar-refractivity contribution in [3.63, 3.8) is 0 Å². The van der Waals surface area contributed by atoms with Crippen LogP contribution in [0.4, 0.5) is 14.9 Å². The number of anilines is 1. The average molecular weight is 552 g/mol. The lowest BCUT2D eigenvalue weighted by molar-refractivity contribution is -0.134. The Morgan fingerprint density at radius 1 is 1.10 bits per heavy atom. The first-order valence-corrected chi connectivity index (χ1v) is 13.0. The molecule has 4 rings (SSSR count). The van der Waals surface area contributed by atoms with Gasteiger partial charge in [0.2, 0.25) is 5.91 Å². The van der Waals surface area contributed by atoms with E-state index in [0.717, 1.165) is 4.90 Å². The van der Waals surface area contributed by atoms with Crippen LogP contribution in [0, 0.1) is 12.7 Å². The maximum Gasteiger partial charge on any atom is 0.325 e. The highest BCUT2D eigenvalue weighted by Crippen LogP contribution is 2.29. The first-order valence-electron chi connectivity index (χ1n) is 13.0.